The highest BCUT2D eigenvalue weighted by Gasteiger charge is 2.25. The van der Waals surface area contributed by atoms with Gasteiger partial charge in [0, 0.05) is 6.04 Å². The molecule has 0 saturated heterocycles. The zero-order valence-corrected chi connectivity index (χ0v) is 10.7. The summed E-state index contributed by atoms with van der Waals surface area (Å²) in [6, 6.07) is 5.59. The summed E-state index contributed by atoms with van der Waals surface area (Å²) in [6.45, 7) is 0.118. The van der Waals surface area contributed by atoms with E-state index < -0.39 is 5.91 Å². The van der Waals surface area contributed by atoms with Gasteiger partial charge in [0.2, 0.25) is 5.91 Å². The number of pyridine rings is 1. The minimum Gasteiger partial charge on any atom is -0.396 e. The van der Waals surface area contributed by atoms with Crippen LogP contribution >= 0.6 is 0 Å². The normalized spacial score (nSPS) is 15.1. The minimum absolute atomic E-state index is 0.118. The van der Waals surface area contributed by atoms with E-state index >= 15 is 0 Å². The van der Waals surface area contributed by atoms with Crippen LogP contribution in [0.2, 0.25) is 0 Å². The Bertz CT molecular complexity index is 516. The van der Waals surface area contributed by atoms with Crippen molar-refractivity contribution in [1.82, 2.24) is 4.98 Å². The van der Waals surface area contributed by atoms with Crippen LogP contribution in [0.5, 0.6) is 0 Å². The number of nitrogens with two attached hydrogens (primary N) is 2. The molecule has 100 valence electrons. The largest absolute Gasteiger partial charge is 0.396 e. The monoisotopic (exact) mass is 259 g/mol. The van der Waals surface area contributed by atoms with Crippen LogP contribution in [0.1, 0.15) is 31.4 Å². The lowest BCUT2D eigenvalue weighted by Crippen LogP contribution is -2.40. The van der Waals surface area contributed by atoms with E-state index in [0.29, 0.717) is 11.5 Å². The maximum Gasteiger partial charge on any atom is 0.237 e. The van der Waals surface area contributed by atoms with E-state index in [1.807, 2.05) is 11.0 Å². The van der Waals surface area contributed by atoms with Crippen LogP contribution in [0, 0.1) is 11.3 Å². The van der Waals surface area contributed by atoms with Crippen molar-refractivity contribution < 1.29 is 4.79 Å². The number of anilines is 2. The van der Waals surface area contributed by atoms with Crippen molar-refractivity contribution in [2.45, 2.75) is 31.7 Å². The smallest absolute Gasteiger partial charge is 0.237 e. The van der Waals surface area contributed by atoms with Crippen molar-refractivity contribution >= 4 is 17.4 Å². The minimum atomic E-state index is -0.399. The van der Waals surface area contributed by atoms with Gasteiger partial charge in [-0.1, -0.05) is 12.8 Å². The van der Waals surface area contributed by atoms with Gasteiger partial charge in [0.15, 0.2) is 5.69 Å². The predicted octanol–water partition coefficient (Wildman–Crippen LogP) is 0.770. The molecular weight excluding hydrogens is 242 g/mol. The summed E-state index contributed by atoms with van der Waals surface area (Å²) >= 11 is 0. The molecule has 0 aromatic carbocycles. The third-order valence-electron chi connectivity index (χ3n) is 3.40. The Kier molecular flexibility index (Phi) is 3.85. The van der Waals surface area contributed by atoms with E-state index in [1.54, 1.807) is 12.1 Å². The van der Waals surface area contributed by atoms with Gasteiger partial charge in [0.05, 0.1) is 12.2 Å². The molecule has 0 bridgehead atoms. The SMILES string of the molecule is N#Cc1nc(N(CC(N)=O)C2CCCC2)ccc1N. The number of carbonyl (C=O) groups excluding carboxylic acids is 1. The Morgan fingerprint density at radius 2 is 2.16 bits per heavy atom. The number of carbonyl (C=O) groups is 1. The predicted molar refractivity (Wildman–Crippen MR) is 72.2 cm³/mol. The second-order valence-corrected chi connectivity index (χ2v) is 4.75. The van der Waals surface area contributed by atoms with Crippen molar-refractivity contribution in [3.63, 3.8) is 0 Å². The molecule has 1 aromatic rings. The molecule has 1 aliphatic carbocycles. The fraction of sp³-hybridized carbons (Fsp3) is 0.462. The number of rotatable bonds is 4. The van der Waals surface area contributed by atoms with Gasteiger partial charge >= 0.3 is 0 Å². The molecule has 1 aliphatic rings. The van der Waals surface area contributed by atoms with Crippen LogP contribution in [0.4, 0.5) is 11.5 Å². The molecule has 19 heavy (non-hydrogen) atoms. The van der Waals surface area contributed by atoms with Crippen molar-refractivity contribution in [2.75, 3.05) is 17.2 Å². The molecule has 1 fully saturated rings. The van der Waals surface area contributed by atoms with E-state index in [9.17, 15) is 4.79 Å². The third kappa shape index (κ3) is 2.94. The van der Waals surface area contributed by atoms with E-state index in [1.165, 1.54) is 0 Å². The number of aromatic nitrogens is 1. The first-order chi connectivity index (χ1) is 9.11. The summed E-state index contributed by atoms with van der Waals surface area (Å²) < 4.78 is 0. The number of amides is 1. The quantitative estimate of drug-likeness (QED) is 0.830. The lowest BCUT2D eigenvalue weighted by Gasteiger charge is -2.29. The van der Waals surface area contributed by atoms with Gasteiger partial charge in [-0.2, -0.15) is 5.26 Å². The average molecular weight is 259 g/mol. The summed E-state index contributed by atoms with van der Waals surface area (Å²) in [5.74, 6) is 0.195. The molecule has 0 atom stereocenters. The standard InChI is InChI=1S/C13H17N5O/c14-7-11-10(15)5-6-13(17-11)18(8-12(16)19)9-3-1-2-4-9/h5-6,9H,1-4,8,15H2,(H2,16,19). The lowest BCUT2D eigenvalue weighted by molar-refractivity contribution is -0.116. The fourth-order valence-electron chi connectivity index (χ4n) is 2.49. The van der Waals surface area contributed by atoms with Crippen LogP contribution in [0.25, 0.3) is 0 Å². The summed E-state index contributed by atoms with van der Waals surface area (Å²) in [5.41, 5.74) is 11.5. The van der Waals surface area contributed by atoms with Gasteiger partial charge in [-0.25, -0.2) is 4.98 Å². The first-order valence-corrected chi connectivity index (χ1v) is 6.33. The maximum atomic E-state index is 11.2. The summed E-state index contributed by atoms with van der Waals surface area (Å²) in [5, 5.41) is 8.97. The second kappa shape index (κ2) is 5.57. The maximum absolute atomic E-state index is 11.2. The van der Waals surface area contributed by atoms with Gasteiger partial charge in [-0.05, 0) is 25.0 Å². The molecule has 1 heterocycles. The number of primary amides is 1. The molecule has 0 aliphatic heterocycles. The molecule has 0 spiro atoms. The zero-order valence-electron chi connectivity index (χ0n) is 10.7. The van der Waals surface area contributed by atoms with E-state index in [-0.39, 0.29) is 18.3 Å². The summed E-state index contributed by atoms with van der Waals surface area (Å²) in [6.07, 6.45) is 4.31. The number of hydrogen-bond donors (Lipinski definition) is 2. The third-order valence-corrected chi connectivity index (χ3v) is 3.40. The molecule has 1 aromatic heterocycles. The molecule has 6 heteroatoms. The highest BCUT2D eigenvalue weighted by molar-refractivity contribution is 5.79. The molecule has 0 unspecified atom stereocenters. The second-order valence-electron chi connectivity index (χ2n) is 4.75. The van der Waals surface area contributed by atoms with E-state index in [0.717, 1.165) is 25.7 Å². The van der Waals surface area contributed by atoms with Crippen molar-refractivity contribution in [3.05, 3.63) is 17.8 Å². The summed E-state index contributed by atoms with van der Waals surface area (Å²) in [7, 11) is 0. The first-order valence-electron chi connectivity index (χ1n) is 6.33. The summed E-state index contributed by atoms with van der Waals surface area (Å²) in [4.78, 5) is 17.3. The Hall–Kier alpha value is -2.29. The molecule has 4 N–H and O–H groups in total. The highest BCUT2D eigenvalue weighted by atomic mass is 16.1. The number of nitrogen functional groups attached to an aromatic ring is 1. The van der Waals surface area contributed by atoms with Crippen LogP contribution in [-0.4, -0.2) is 23.5 Å². The van der Waals surface area contributed by atoms with Crippen LogP contribution in [0.3, 0.4) is 0 Å². The van der Waals surface area contributed by atoms with Gasteiger partial charge in [-0.3, -0.25) is 4.79 Å². The van der Waals surface area contributed by atoms with Crippen molar-refractivity contribution in [3.8, 4) is 6.07 Å². The van der Waals surface area contributed by atoms with Gasteiger partial charge in [-0.15, -0.1) is 0 Å². The Labute approximate surface area is 112 Å². The number of hydrogen-bond acceptors (Lipinski definition) is 5. The van der Waals surface area contributed by atoms with Gasteiger partial charge in [0.25, 0.3) is 0 Å². The van der Waals surface area contributed by atoms with E-state index in [2.05, 4.69) is 4.98 Å². The molecule has 0 radical (unpaired) electrons. The van der Waals surface area contributed by atoms with E-state index in [4.69, 9.17) is 16.7 Å². The Morgan fingerprint density at radius 1 is 1.47 bits per heavy atom. The van der Waals surface area contributed by atoms with Gasteiger partial charge < -0.3 is 16.4 Å². The lowest BCUT2D eigenvalue weighted by atomic mass is 10.2. The molecular formula is C13H17N5O. The van der Waals surface area contributed by atoms with Crippen LogP contribution < -0.4 is 16.4 Å². The highest BCUT2D eigenvalue weighted by Crippen LogP contribution is 2.27. The van der Waals surface area contributed by atoms with Crippen molar-refractivity contribution in [1.29, 1.82) is 5.26 Å². The zero-order chi connectivity index (χ0) is 13.8. The molecule has 6 nitrogen and oxygen atoms in total. The fourth-order valence-corrected chi connectivity index (χ4v) is 2.49. The Balaban J connectivity index is 2.31. The van der Waals surface area contributed by atoms with Crippen LogP contribution in [-0.2, 0) is 4.79 Å². The molecule has 1 amide bonds. The molecule has 1 saturated carbocycles. The average Bonchev–Trinajstić information content (AvgIpc) is 2.90. The molecule has 2 rings (SSSR count). The van der Waals surface area contributed by atoms with Gasteiger partial charge in [0.1, 0.15) is 11.9 Å². The first kappa shape index (κ1) is 13.1. The number of nitrogens with zero attached hydrogens (tertiary/aromatic N) is 3. The van der Waals surface area contributed by atoms with Crippen molar-refractivity contribution in [2.24, 2.45) is 5.73 Å². The topological polar surface area (TPSA) is 109 Å². The van der Waals surface area contributed by atoms with Crippen LogP contribution in [0.15, 0.2) is 12.1 Å². The number of nitriles is 1. The Morgan fingerprint density at radius 3 is 2.74 bits per heavy atom.